The molecule has 0 aromatic heterocycles. The van der Waals surface area contributed by atoms with E-state index in [1.807, 2.05) is 0 Å². The monoisotopic (exact) mass is 224 g/mol. The maximum Gasteiger partial charge on any atom is 0.135 e. The van der Waals surface area contributed by atoms with Crippen molar-refractivity contribution in [3.8, 4) is 0 Å². The zero-order valence-electron chi connectivity index (χ0n) is 11.3. The van der Waals surface area contributed by atoms with Gasteiger partial charge in [-0.2, -0.15) is 0 Å². The first-order chi connectivity index (χ1) is 7.49. The van der Waals surface area contributed by atoms with E-state index in [0.717, 1.165) is 25.7 Å². The number of carbonyl (C=O) groups is 1. The van der Waals surface area contributed by atoms with Crippen molar-refractivity contribution in [3.05, 3.63) is 0 Å². The molecule has 16 heavy (non-hydrogen) atoms. The molecule has 1 rings (SSSR count). The molecule has 1 aliphatic rings. The minimum absolute atomic E-state index is 0.420. The number of hydrogen-bond donors (Lipinski definition) is 0. The quantitative estimate of drug-likeness (QED) is 0.616. The number of rotatable bonds is 5. The lowest BCUT2D eigenvalue weighted by Gasteiger charge is -2.21. The van der Waals surface area contributed by atoms with Gasteiger partial charge in [0.1, 0.15) is 5.78 Å². The summed E-state index contributed by atoms with van der Waals surface area (Å²) in [5.74, 6) is 0.969. The second-order valence-electron chi connectivity index (χ2n) is 6.57. The second-order valence-corrected chi connectivity index (χ2v) is 6.57. The van der Waals surface area contributed by atoms with Crippen LogP contribution in [0.1, 0.15) is 78.6 Å². The van der Waals surface area contributed by atoms with Gasteiger partial charge >= 0.3 is 0 Å². The lowest BCUT2D eigenvalue weighted by atomic mass is 9.84. The minimum Gasteiger partial charge on any atom is -0.299 e. The highest BCUT2D eigenvalue weighted by Gasteiger charge is 2.20. The first-order valence-electron chi connectivity index (χ1n) is 7.02. The van der Waals surface area contributed by atoms with Crippen molar-refractivity contribution in [2.75, 3.05) is 0 Å². The molecule has 0 unspecified atom stereocenters. The number of hydrogen-bond acceptors (Lipinski definition) is 1. The Balaban J connectivity index is 2.10. The third kappa shape index (κ3) is 5.67. The smallest absolute Gasteiger partial charge is 0.135 e. The van der Waals surface area contributed by atoms with Crippen LogP contribution in [0, 0.1) is 11.3 Å². The van der Waals surface area contributed by atoms with E-state index in [9.17, 15) is 4.79 Å². The summed E-state index contributed by atoms with van der Waals surface area (Å²) in [6, 6.07) is 0. The van der Waals surface area contributed by atoms with E-state index in [-0.39, 0.29) is 0 Å². The lowest BCUT2D eigenvalue weighted by Crippen LogP contribution is -2.17. The number of Topliss-reactive ketones (excluding diaryl/α,β-unsaturated/α-hetero) is 1. The van der Waals surface area contributed by atoms with Gasteiger partial charge in [0.25, 0.3) is 0 Å². The minimum atomic E-state index is 0.420. The van der Waals surface area contributed by atoms with E-state index in [1.165, 1.54) is 32.1 Å². The molecule has 0 spiro atoms. The molecule has 0 amide bonds. The summed E-state index contributed by atoms with van der Waals surface area (Å²) in [6.07, 6.45) is 10.6. The van der Waals surface area contributed by atoms with Gasteiger partial charge in [-0.15, -0.1) is 0 Å². The highest BCUT2D eigenvalue weighted by molar-refractivity contribution is 5.80. The molecule has 0 aromatic carbocycles. The Hall–Kier alpha value is -0.330. The van der Waals surface area contributed by atoms with Crippen LogP contribution in [-0.2, 0) is 4.79 Å². The van der Waals surface area contributed by atoms with Crippen molar-refractivity contribution in [2.45, 2.75) is 78.6 Å². The molecular weight excluding hydrogens is 196 g/mol. The SMILES string of the molecule is CC(C)(C)CCCCC(=O)C1CCCCC1. The number of unbranched alkanes of at least 4 members (excludes halogenated alkanes) is 1. The average molecular weight is 224 g/mol. The van der Waals surface area contributed by atoms with Gasteiger partial charge in [0.15, 0.2) is 0 Å². The molecule has 1 heteroatoms. The second kappa shape index (κ2) is 6.42. The van der Waals surface area contributed by atoms with Crippen molar-refractivity contribution in [3.63, 3.8) is 0 Å². The Bertz CT molecular complexity index is 206. The summed E-state index contributed by atoms with van der Waals surface area (Å²) in [7, 11) is 0. The third-order valence-corrected chi connectivity index (χ3v) is 3.66. The molecule has 94 valence electrons. The first kappa shape index (κ1) is 13.7. The van der Waals surface area contributed by atoms with Crippen molar-refractivity contribution in [1.82, 2.24) is 0 Å². The van der Waals surface area contributed by atoms with Crippen molar-refractivity contribution < 1.29 is 4.79 Å². The predicted molar refractivity (Wildman–Crippen MR) is 69.5 cm³/mol. The molecule has 0 radical (unpaired) electrons. The van der Waals surface area contributed by atoms with Gasteiger partial charge in [-0.1, -0.05) is 46.5 Å². The van der Waals surface area contributed by atoms with Crippen LogP contribution in [0.2, 0.25) is 0 Å². The van der Waals surface area contributed by atoms with Crippen LogP contribution in [0.25, 0.3) is 0 Å². The topological polar surface area (TPSA) is 17.1 Å². The van der Waals surface area contributed by atoms with Crippen molar-refractivity contribution >= 4 is 5.78 Å². The molecule has 1 aliphatic carbocycles. The van der Waals surface area contributed by atoms with Gasteiger partial charge in [-0.05, 0) is 31.1 Å². The molecule has 0 bridgehead atoms. The number of ketones is 1. The molecule has 0 saturated heterocycles. The van der Waals surface area contributed by atoms with Gasteiger partial charge in [-0.25, -0.2) is 0 Å². The summed E-state index contributed by atoms with van der Waals surface area (Å²) < 4.78 is 0. The maximum atomic E-state index is 11.9. The highest BCUT2D eigenvalue weighted by Crippen LogP contribution is 2.27. The Morgan fingerprint density at radius 3 is 2.25 bits per heavy atom. The summed E-state index contributed by atoms with van der Waals surface area (Å²) in [5, 5.41) is 0. The molecule has 0 heterocycles. The summed E-state index contributed by atoms with van der Waals surface area (Å²) in [4.78, 5) is 11.9. The normalized spacial score (nSPS) is 18.7. The summed E-state index contributed by atoms with van der Waals surface area (Å²) >= 11 is 0. The predicted octanol–water partition coefficient (Wildman–Crippen LogP) is 4.74. The molecule has 1 saturated carbocycles. The van der Waals surface area contributed by atoms with E-state index >= 15 is 0 Å². The lowest BCUT2D eigenvalue weighted by molar-refractivity contribution is -0.123. The van der Waals surface area contributed by atoms with Gasteiger partial charge in [-0.3, -0.25) is 4.79 Å². The molecule has 1 fully saturated rings. The van der Waals surface area contributed by atoms with Crippen LogP contribution in [0.4, 0.5) is 0 Å². The van der Waals surface area contributed by atoms with Gasteiger partial charge in [0.05, 0.1) is 0 Å². The van der Waals surface area contributed by atoms with Crippen molar-refractivity contribution in [2.24, 2.45) is 11.3 Å². The molecule has 0 aromatic rings. The van der Waals surface area contributed by atoms with E-state index in [1.54, 1.807) is 0 Å². The molecule has 1 nitrogen and oxygen atoms in total. The summed E-state index contributed by atoms with van der Waals surface area (Å²) in [6.45, 7) is 6.82. The molecule has 0 N–H and O–H groups in total. The van der Waals surface area contributed by atoms with Crippen LogP contribution >= 0.6 is 0 Å². The Morgan fingerprint density at radius 1 is 1.06 bits per heavy atom. The standard InChI is InChI=1S/C15H28O/c1-15(2,3)12-8-7-11-14(16)13-9-5-4-6-10-13/h13H,4-12H2,1-3H3. The Labute approximate surface area is 101 Å². The van der Waals surface area contributed by atoms with Crippen LogP contribution in [-0.4, -0.2) is 5.78 Å². The molecular formula is C15H28O. The molecule has 0 atom stereocenters. The summed E-state index contributed by atoms with van der Waals surface area (Å²) in [5.41, 5.74) is 0.424. The van der Waals surface area contributed by atoms with Crippen LogP contribution < -0.4 is 0 Å². The van der Waals surface area contributed by atoms with Gasteiger partial charge in [0.2, 0.25) is 0 Å². The van der Waals surface area contributed by atoms with E-state index < -0.39 is 0 Å². The molecule has 0 aliphatic heterocycles. The fourth-order valence-electron chi connectivity index (χ4n) is 2.58. The van der Waals surface area contributed by atoms with E-state index in [2.05, 4.69) is 20.8 Å². The van der Waals surface area contributed by atoms with Gasteiger partial charge in [0, 0.05) is 12.3 Å². The fourth-order valence-corrected chi connectivity index (χ4v) is 2.58. The average Bonchev–Trinajstić information content (AvgIpc) is 2.24. The van der Waals surface area contributed by atoms with Gasteiger partial charge < -0.3 is 0 Å². The maximum absolute atomic E-state index is 11.9. The first-order valence-corrected chi connectivity index (χ1v) is 7.02. The third-order valence-electron chi connectivity index (χ3n) is 3.66. The fraction of sp³-hybridized carbons (Fsp3) is 0.933. The van der Waals surface area contributed by atoms with Crippen molar-refractivity contribution in [1.29, 1.82) is 0 Å². The zero-order valence-corrected chi connectivity index (χ0v) is 11.3. The highest BCUT2D eigenvalue weighted by atomic mass is 16.1. The Morgan fingerprint density at radius 2 is 1.69 bits per heavy atom. The zero-order chi connectivity index (χ0) is 12.0. The van der Waals surface area contributed by atoms with E-state index in [4.69, 9.17) is 0 Å². The van der Waals surface area contributed by atoms with Crippen LogP contribution in [0.15, 0.2) is 0 Å². The van der Waals surface area contributed by atoms with Crippen LogP contribution in [0.3, 0.4) is 0 Å². The van der Waals surface area contributed by atoms with Crippen LogP contribution in [0.5, 0.6) is 0 Å². The number of carbonyl (C=O) groups excluding carboxylic acids is 1. The van der Waals surface area contributed by atoms with E-state index in [0.29, 0.717) is 17.1 Å². The largest absolute Gasteiger partial charge is 0.299 e. The Kier molecular flexibility index (Phi) is 5.51.